The van der Waals surface area contributed by atoms with Gasteiger partial charge in [0.2, 0.25) is 0 Å². The van der Waals surface area contributed by atoms with Crippen LogP contribution in [0, 0.1) is 17.8 Å². The van der Waals surface area contributed by atoms with Gasteiger partial charge in [-0.3, -0.25) is 37.3 Å². The number of phosphoric acid groups is 2. The number of hydrogen-bond donors (Lipinski definition) is 3. The molecule has 0 aliphatic heterocycles. The van der Waals surface area contributed by atoms with Gasteiger partial charge in [0.25, 0.3) is 0 Å². The molecule has 0 amide bonds. The highest BCUT2D eigenvalue weighted by atomic mass is 31.2. The van der Waals surface area contributed by atoms with Gasteiger partial charge >= 0.3 is 39.5 Å². The molecule has 0 bridgehead atoms. The second kappa shape index (κ2) is 73.2. The third-order valence-electron chi connectivity index (χ3n) is 19.4. The number of ether oxygens (including phenoxy) is 4. The van der Waals surface area contributed by atoms with E-state index in [1.54, 1.807) is 0 Å². The Balaban J connectivity index is 5.25. The van der Waals surface area contributed by atoms with E-state index in [-0.39, 0.29) is 25.7 Å². The predicted molar refractivity (Wildman–Crippen MR) is 418 cm³/mol. The van der Waals surface area contributed by atoms with Gasteiger partial charge in [-0.25, -0.2) is 9.13 Å². The number of carbonyl (C=O) groups is 4. The highest BCUT2D eigenvalue weighted by Gasteiger charge is 2.30. The van der Waals surface area contributed by atoms with Crippen LogP contribution in [0.2, 0.25) is 0 Å². The lowest BCUT2D eigenvalue weighted by atomic mass is 10.0. The Kier molecular flexibility index (Phi) is 71.8. The minimum Gasteiger partial charge on any atom is -0.462 e. The van der Waals surface area contributed by atoms with Gasteiger partial charge < -0.3 is 33.8 Å². The predicted octanol–water partition coefficient (Wildman–Crippen LogP) is 24.9. The minimum absolute atomic E-state index is 0.106. The maximum Gasteiger partial charge on any atom is 0.472 e. The average Bonchev–Trinajstić information content (AvgIpc) is 0.909. The second-order valence-corrected chi connectivity index (χ2v) is 34.2. The van der Waals surface area contributed by atoms with Crippen LogP contribution in [0.25, 0.3) is 0 Å². The number of unbranched alkanes of at least 4 members (excludes halogenated alkanes) is 49. The third kappa shape index (κ3) is 76.3. The van der Waals surface area contributed by atoms with Crippen molar-refractivity contribution in [3.05, 3.63) is 0 Å². The summed E-state index contributed by atoms with van der Waals surface area (Å²) in [5, 5.41) is 10.7. The molecule has 0 aromatic carbocycles. The van der Waals surface area contributed by atoms with Crippen LogP contribution in [-0.2, 0) is 65.4 Å². The van der Waals surface area contributed by atoms with Gasteiger partial charge in [-0.1, -0.05) is 382 Å². The molecule has 0 heterocycles. The van der Waals surface area contributed by atoms with E-state index < -0.39 is 97.5 Å². The number of aliphatic hydroxyl groups excluding tert-OH is 1. The van der Waals surface area contributed by atoms with Crippen LogP contribution in [0.4, 0.5) is 0 Å². The monoisotopic (exact) mass is 1490 g/mol. The number of hydrogen-bond acceptors (Lipinski definition) is 15. The Labute approximate surface area is 626 Å². The topological polar surface area (TPSA) is 237 Å². The number of carbonyl (C=O) groups excluding carboxylic acids is 4. The molecule has 0 aromatic heterocycles. The van der Waals surface area contributed by atoms with Crippen LogP contribution in [-0.4, -0.2) is 96.7 Å². The van der Waals surface area contributed by atoms with Crippen molar-refractivity contribution in [2.45, 2.75) is 452 Å². The molecular formula is C83H162O17P2. The first-order valence-electron chi connectivity index (χ1n) is 42.8. The van der Waals surface area contributed by atoms with Gasteiger partial charge in [-0.05, 0) is 43.4 Å². The fraction of sp³-hybridized carbons (Fsp3) is 0.952. The largest absolute Gasteiger partial charge is 0.472 e. The van der Waals surface area contributed by atoms with E-state index in [2.05, 4.69) is 48.5 Å². The summed E-state index contributed by atoms with van der Waals surface area (Å²) in [4.78, 5) is 73.1. The van der Waals surface area contributed by atoms with E-state index in [4.69, 9.17) is 37.0 Å². The highest BCUT2D eigenvalue weighted by Crippen LogP contribution is 2.45. The maximum absolute atomic E-state index is 13.1. The van der Waals surface area contributed by atoms with Crippen molar-refractivity contribution in [2.75, 3.05) is 39.6 Å². The molecule has 0 rings (SSSR count). The molecule has 0 spiro atoms. The number of phosphoric ester groups is 2. The SMILES string of the molecule is CCCCCCCCCCCCCCCCCCCCC(=O)OC[C@H](COP(=O)(O)OC[C@@H](O)COP(=O)(O)OC[C@@H](COC(=O)CCCCCCCCCCCC(C)C)OC(=O)CCCCCCCCCCCCC(C)C)OC(=O)CCCCCCCCCCCCCCCCCCC(C)C. The summed E-state index contributed by atoms with van der Waals surface area (Å²) in [6.07, 6.45) is 62.5. The van der Waals surface area contributed by atoms with Crippen molar-refractivity contribution in [1.82, 2.24) is 0 Å². The molecule has 0 saturated heterocycles. The van der Waals surface area contributed by atoms with Crippen LogP contribution < -0.4 is 0 Å². The Morgan fingerprint density at radius 2 is 0.451 bits per heavy atom. The average molecular weight is 1490 g/mol. The molecule has 0 aromatic rings. The lowest BCUT2D eigenvalue weighted by Gasteiger charge is -2.21. The normalized spacial score (nSPS) is 13.9. The summed E-state index contributed by atoms with van der Waals surface area (Å²) in [6.45, 7) is 12.0. The van der Waals surface area contributed by atoms with E-state index in [1.807, 2.05) is 0 Å². The smallest absolute Gasteiger partial charge is 0.462 e. The lowest BCUT2D eigenvalue weighted by molar-refractivity contribution is -0.161. The summed E-state index contributed by atoms with van der Waals surface area (Å²) in [6, 6.07) is 0. The zero-order valence-electron chi connectivity index (χ0n) is 67.1. The van der Waals surface area contributed by atoms with E-state index >= 15 is 0 Å². The summed E-state index contributed by atoms with van der Waals surface area (Å²) < 4.78 is 68.8. The van der Waals surface area contributed by atoms with Crippen LogP contribution in [0.15, 0.2) is 0 Å². The van der Waals surface area contributed by atoms with Crippen LogP contribution in [0.3, 0.4) is 0 Å². The molecule has 0 aliphatic carbocycles. The van der Waals surface area contributed by atoms with Crippen molar-refractivity contribution in [2.24, 2.45) is 17.8 Å². The summed E-state index contributed by atoms with van der Waals surface area (Å²) >= 11 is 0. The molecule has 0 radical (unpaired) electrons. The first-order valence-corrected chi connectivity index (χ1v) is 45.8. The Morgan fingerprint density at radius 1 is 0.265 bits per heavy atom. The molecule has 3 N–H and O–H groups in total. The number of esters is 4. The van der Waals surface area contributed by atoms with E-state index in [0.29, 0.717) is 25.7 Å². The molecule has 0 saturated carbocycles. The van der Waals surface area contributed by atoms with E-state index in [9.17, 15) is 43.2 Å². The molecule has 102 heavy (non-hydrogen) atoms. The Morgan fingerprint density at radius 3 is 0.667 bits per heavy atom. The molecule has 17 nitrogen and oxygen atoms in total. The van der Waals surface area contributed by atoms with Gasteiger partial charge in [0.15, 0.2) is 12.2 Å². The highest BCUT2D eigenvalue weighted by molar-refractivity contribution is 7.47. The van der Waals surface area contributed by atoms with Crippen molar-refractivity contribution >= 4 is 39.5 Å². The molecule has 19 heteroatoms. The van der Waals surface area contributed by atoms with Gasteiger partial charge in [0.1, 0.15) is 19.3 Å². The standard InChI is InChI=1S/C83H162O17P2/c1-8-9-10-11-12-13-14-15-16-17-18-22-25-28-36-43-50-57-64-80(85)93-70-78(99-82(87)66-59-52-45-37-29-26-23-20-19-21-24-27-33-40-47-54-61-74(2)3)72-97-101(89,90)95-68-77(84)69-96-102(91,92)98-73-79(71-94-81(86)65-58-51-44-39-32-35-42-49-56-63-76(6)7)100-83(88)67-60-53-46-38-31-30-34-41-48-55-62-75(4)5/h74-79,84H,8-73H2,1-7H3,(H,89,90)(H,91,92)/t77-,78-,79-/m1/s1. The van der Waals surface area contributed by atoms with Crippen molar-refractivity contribution < 1.29 is 80.2 Å². The van der Waals surface area contributed by atoms with Crippen LogP contribution >= 0.6 is 15.6 Å². The zero-order chi connectivity index (χ0) is 75.1. The summed E-state index contributed by atoms with van der Waals surface area (Å²) in [5.41, 5.74) is 0. The maximum atomic E-state index is 13.1. The van der Waals surface area contributed by atoms with Gasteiger partial charge in [0.05, 0.1) is 26.4 Å². The van der Waals surface area contributed by atoms with Crippen molar-refractivity contribution in [1.29, 1.82) is 0 Å². The number of aliphatic hydroxyl groups is 1. The van der Waals surface area contributed by atoms with Gasteiger partial charge in [-0.2, -0.15) is 0 Å². The molecule has 0 aliphatic rings. The van der Waals surface area contributed by atoms with Crippen LogP contribution in [0.1, 0.15) is 434 Å². The fourth-order valence-electron chi connectivity index (χ4n) is 12.8. The van der Waals surface area contributed by atoms with Crippen molar-refractivity contribution in [3.63, 3.8) is 0 Å². The summed E-state index contributed by atoms with van der Waals surface area (Å²) in [5.74, 6) is 0.197. The molecular weight excluding hydrogens is 1330 g/mol. The Hall–Kier alpha value is -1.94. The van der Waals surface area contributed by atoms with Crippen molar-refractivity contribution in [3.8, 4) is 0 Å². The second-order valence-electron chi connectivity index (χ2n) is 31.3. The summed E-state index contributed by atoms with van der Waals surface area (Å²) in [7, 11) is -9.92. The van der Waals surface area contributed by atoms with Gasteiger partial charge in [0, 0.05) is 25.7 Å². The fourth-order valence-corrected chi connectivity index (χ4v) is 14.4. The quantitative estimate of drug-likeness (QED) is 0.0222. The lowest BCUT2D eigenvalue weighted by Crippen LogP contribution is -2.30. The first-order chi connectivity index (χ1) is 49.2. The Bertz CT molecular complexity index is 1970. The molecule has 2 unspecified atom stereocenters. The third-order valence-corrected chi connectivity index (χ3v) is 21.3. The molecule has 5 atom stereocenters. The number of rotatable bonds is 81. The minimum atomic E-state index is -4.96. The molecule has 606 valence electrons. The van der Waals surface area contributed by atoms with Gasteiger partial charge in [-0.15, -0.1) is 0 Å². The molecule has 0 fully saturated rings. The first kappa shape index (κ1) is 100. The van der Waals surface area contributed by atoms with E-state index in [1.165, 1.54) is 244 Å². The van der Waals surface area contributed by atoms with Crippen LogP contribution in [0.5, 0.6) is 0 Å². The zero-order valence-corrected chi connectivity index (χ0v) is 68.9. The van der Waals surface area contributed by atoms with E-state index in [0.717, 1.165) is 108 Å².